The lowest BCUT2D eigenvalue weighted by Crippen LogP contribution is -2.12. The summed E-state index contributed by atoms with van der Waals surface area (Å²) in [5.41, 5.74) is 2.54. The van der Waals surface area contributed by atoms with Gasteiger partial charge in [0.1, 0.15) is 0 Å². The highest BCUT2D eigenvalue weighted by atomic mass is 16.5. The number of aromatic nitrogens is 2. The van der Waals surface area contributed by atoms with Crippen molar-refractivity contribution in [2.75, 3.05) is 5.32 Å². The Labute approximate surface area is 141 Å². The van der Waals surface area contributed by atoms with Gasteiger partial charge < -0.3 is 14.3 Å². The van der Waals surface area contributed by atoms with Gasteiger partial charge in [0, 0.05) is 30.4 Å². The Balaban J connectivity index is 1.58. The molecular weight excluding hydrogens is 322 g/mol. The monoisotopic (exact) mass is 335 g/mol. The second-order valence-electron chi connectivity index (χ2n) is 5.51. The molecule has 124 valence electrons. The third-order valence-corrected chi connectivity index (χ3v) is 3.85. The van der Waals surface area contributed by atoms with Crippen molar-refractivity contribution in [3.05, 3.63) is 70.8 Å². The zero-order valence-electron chi connectivity index (χ0n) is 13.2. The molecule has 7 heteroatoms. The van der Waals surface area contributed by atoms with E-state index in [0.717, 1.165) is 5.56 Å². The molecule has 0 atom stereocenters. The van der Waals surface area contributed by atoms with Crippen LogP contribution in [0.1, 0.15) is 10.5 Å². The molecule has 7 nitrogen and oxygen atoms in total. The number of hydrogen-bond donors (Lipinski definition) is 1. The molecule has 1 amide bonds. The van der Waals surface area contributed by atoms with Crippen LogP contribution in [-0.2, 0) is 7.05 Å². The van der Waals surface area contributed by atoms with Crippen LogP contribution < -0.4 is 11.1 Å². The van der Waals surface area contributed by atoms with E-state index in [-0.39, 0.29) is 5.69 Å². The summed E-state index contributed by atoms with van der Waals surface area (Å²) >= 11 is 0. The number of carbonyl (C=O) groups excluding carboxylic acids is 1. The van der Waals surface area contributed by atoms with Gasteiger partial charge in [0.05, 0.1) is 5.52 Å². The van der Waals surface area contributed by atoms with Gasteiger partial charge in [0.2, 0.25) is 0 Å². The van der Waals surface area contributed by atoms with Crippen LogP contribution in [0, 0.1) is 0 Å². The summed E-state index contributed by atoms with van der Waals surface area (Å²) in [6, 6.07) is 15.9. The summed E-state index contributed by atoms with van der Waals surface area (Å²) in [6.45, 7) is 0. The third kappa shape index (κ3) is 2.72. The zero-order chi connectivity index (χ0) is 17.4. The minimum atomic E-state index is -0.456. The average molecular weight is 335 g/mol. The van der Waals surface area contributed by atoms with Crippen molar-refractivity contribution in [3.63, 3.8) is 0 Å². The van der Waals surface area contributed by atoms with Gasteiger partial charge in [-0.25, -0.2) is 4.79 Å². The third-order valence-electron chi connectivity index (χ3n) is 3.85. The molecule has 0 spiro atoms. The van der Waals surface area contributed by atoms with Gasteiger partial charge in [0.15, 0.2) is 17.0 Å². The van der Waals surface area contributed by atoms with E-state index in [1.54, 1.807) is 31.3 Å². The first-order valence-corrected chi connectivity index (χ1v) is 7.55. The van der Waals surface area contributed by atoms with Crippen molar-refractivity contribution < 1.29 is 13.7 Å². The van der Waals surface area contributed by atoms with Crippen molar-refractivity contribution in [1.29, 1.82) is 0 Å². The molecule has 0 saturated carbocycles. The number of rotatable bonds is 3. The van der Waals surface area contributed by atoms with E-state index in [2.05, 4.69) is 10.5 Å². The quantitative estimate of drug-likeness (QED) is 0.621. The first kappa shape index (κ1) is 14.9. The summed E-state index contributed by atoms with van der Waals surface area (Å²) in [7, 11) is 1.62. The predicted molar refractivity (Wildman–Crippen MR) is 91.3 cm³/mol. The number of hydrogen-bond acceptors (Lipinski definition) is 5. The number of carbonyl (C=O) groups is 1. The fourth-order valence-electron chi connectivity index (χ4n) is 2.53. The Morgan fingerprint density at radius 2 is 1.92 bits per heavy atom. The van der Waals surface area contributed by atoms with E-state index >= 15 is 0 Å². The largest absolute Gasteiger partial charge is 0.419 e. The molecule has 0 bridgehead atoms. The first-order valence-electron chi connectivity index (χ1n) is 7.55. The molecule has 25 heavy (non-hydrogen) atoms. The van der Waals surface area contributed by atoms with Crippen LogP contribution in [0.4, 0.5) is 5.69 Å². The molecule has 2 aromatic carbocycles. The maximum atomic E-state index is 12.3. The molecule has 2 aromatic heterocycles. The van der Waals surface area contributed by atoms with Crippen LogP contribution in [0.25, 0.3) is 22.4 Å². The van der Waals surface area contributed by atoms with Crippen LogP contribution in [0.15, 0.2) is 68.3 Å². The van der Waals surface area contributed by atoms with Crippen molar-refractivity contribution in [3.8, 4) is 11.3 Å². The summed E-state index contributed by atoms with van der Waals surface area (Å²) in [5.74, 6) is -0.360. The Morgan fingerprint density at radius 1 is 1.12 bits per heavy atom. The molecule has 0 aliphatic carbocycles. The van der Waals surface area contributed by atoms with Crippen molar-refractivity contribution in [1.82, 2.24) is 9.72 Å². The smallest absolute Gasteiger partial charge is 0.408 e. The Hall–Kier alpha value is -3.61. The highest BCUT2D eigenvalue weighted by Gasteiger charge is 2.15. The lowest BCUT2D eigenvalue weighted by molar-refractivity contribution is 0.101. The van der Waals surface area contributed by atoms with E-state index in [4.69, 9.17) is 8.94 Å². The van der Waals surface area contributed by atoms with E-state index in [1.165, 1.54) is 4.57 Å². The van der Waals surface area contributed by atoms with E-state index in [0.29, 0.717) is 22.5 Å². The second-order valence-corrected chi connectivity index (χ2v) is 5.51. The molecule has 1 N–H and O–H groups in total. The number of aryl methyl sites for hydroxylation is 1. The number of amides is 1. The summed E-state index contributed by atoms with van der Waals surface area (Å²) in [5, 5.41) is 6.52. The highest BCUT2D eigenvalue weighted by Crippen LogP contribution is 2.21. The average Bonchev–Trinajstić information content (AvgIpc) is 3.22. The molecule has 4 rings (SSSR count). The maximum Gasteiger partial charge on any atom is 0.419 e. The van der Waals surface area contributed by atoms with Gasteiger partial charge in [0.25, 0.3) is 5.91 Å². The number of benzene rings is 2. The molecule has 0 aliphatic rings. The van der Waals surface area contributed by atoms with Crippen LogP contribution in [0.2, 0.25) is 0 Å². The van der Waals surface area contributed by atoms with Gasteiger partial charge in [-0.05, 0) is 12.1 Å². The van der Waals surface area contributed by atoms with E-state index < -0.39 is 11.7 Å². The van der Waals surface area contributed by atoms with E-state index in [1.807, 2.05) is 30.3 Å². The maximum absolute atomic E-state index is 12.3. The molecule has 2 heterocycles. The van der Waals surface area contributed by atoms with Crippen molar-refractivity contribution in [2.24, 2.45) is 7.05 Å². The number of fused-ring (bicyclic) bond motifs is 1. The van der Waals surface area contributed by atoms with Gasteiger partial charge >= 0.3 is 5.76 Å². The van der Waals surface area contributed by atoms with Crippen LogP contribution >= 0.6 is 0 Å². The Bertz CT molecular complexity index is 1120. The fourth-order valence-corrected chi connectivity index (χ4v) is 2.53. The molecule has 0 aliphatic heterocycles. The number of nitrogens with zero attached hydrogens (tertiary/aromatic N) is 2. The minimum Gasteiger partial charge on any atom is -0.408 e. The Kier molecular flexibility index (Phi) is 3.46. The summed E-state index contributed by atoms with van der Waals surface area (Å²) in [4.78, 5) is 23.9. The highest BCUT2D eigenvalue weighted by molar-refractivity contribution is 6.04. The zero-order valence-corrected chi connectivity index (χ0v) is 13.2. The predicted octanol–water partition coefficient (Wildman–Crippen LogP) is 3.04. The molecule has 0 radical (unpaired) electrons. The van der Waals surface area contributed by atoms with Gasteiger partial charge in [-0.1, -0.05) is 35.5 Å². The van der Waals surface area contributed by atoms with E-state index in [9.17, 15) is 9.59 Å². The van der Waals surface area contributed by atoms with Crippen LogP contribution in [-0.4, -0.2) is 15.6 Å². The van der Waals surface area contributed by atoms with Gasteiger partial charge in [-0.15, -0.1) is 0 Å². The lowest BCUT2D eigenvalue weighted by Gasteiger charge is -2.02. The number of oxazole rings is 1. The van der Waals surface area contributed by atoms with Crippen molar-refractivity contribution in [2.45, 2.75) is 0 Å². The topological polar surface area (TPSA) is 90.3 Å². The standard InChI is InChI=1S/C18H13N3O4/c1-21-14-8-7-12(9-16(14)24-18(21)23)19-17(22)13-10-15(25-20-13)11-5-3-2-4-6-11/h2-10H,1H3,(H,19,22). The molecule has 0 fully saturated rings. The normalized spacial score (nSPS) is 10.9. The summed E-state index contributed by atoms with van der Waals surface area (Å²) in [6.07, 6.45) is 0. The van der Waals surface area contributed by atoms with Crippen LogP contribution in [0.5, 0.6) is 0 Å². The summed E-state index contributed by atoms with van der Waals surface area (Å²) < 4.78 is 11.7. The number of nitrogens with one attached hydrogen (secondary N) is 1. The molecule has 0 saturated heterocycles. The first-order chi connectivity index (χ1) is 12.1. The minimum absolute atomic E-state index is 0.161. The van der Waals surface area contributed by atoms with Gasteiger partial charge in [-0.3, -0.25) is 9.36 Å². The fraction of sp³-hybridized carbons (Fsp3) is 0.0556. The lowest BCUT2D eigenvalue weighted by atomic mass is 10.1. The van der Waals surface area contributed by atoms with Crippen LogP contribution in [0.3, 0.4) is 0 Å². The number of anilines is 1. The molecular formula is C18H13N3O4. The molecule has 0 unspecified atom stereocenters. The SMILES string of the molecule is Cn1c(=O)oc2cc(NC(=O)c3cc(-c4ccccc4)on3)ccc21. The Morgan fingerprint density at radius 3 is 2.72 bits per heavy atom. The second kappa shape index (κ2) is 5.79. The van der Waals surface area contributed by atoms with Crippen molar-refractivity contribution >= 4 is 22.7 Å². The molecule has 4 aromatic rings. The van der Waals surface area contributed by atoms with Gasteiger partial charge in [-0.2, -0.15) is 0 Å².